The molecule has 92 valence electrons. The molecule has 0 amide bonds. The van der Waals surface area contributed by atoms with Crippen LogP contribution in [-0.2, 0) is 4.79 Å². The van der Waals surface area contributed by atoms with E-state index < -0.39 is 8.07 Å². The van der Waals surface area contributed by atoms with Crippen LogP contribution in [0.5, 0.6) is 0 Å². The maximum Gasteiger partial charge on any atom is 0.145 e. The van der Waals surface area contributed by atoms with Crippen LogP contribution in [0.4, 0.5) is 0 Å². The fourth-order valence-corrected chi connectivity index (χ4v) is 8.02. The molecule has 0 fully saturated rings. The number of Topliss-reactive ketones (excluding diaryl/α,β-unsaturated/α-hetero) is 1. The summed E-state index contributed by atoms with van der Waals surface area (Å²) in [6.45, 7) is 15.3. The van der Waals surface area contributed by atoms with Gasteiger partial charge in [0.25, 0.3) is 0 Å². The van der Waals surface area contributed by atoms with Gasteiger partial charge in [-0.15, -0.1) is 11.5 Å². The Hall–Kier alpha value is -0.553. The van der Waals surface area contributed by atoms with E-state index in [1.165, 1.54) is 0 Å². The Balaban J connectivity index is 5.18. The number of hydrogen-bond acceptors (Lipinski definition) is 1. The molecule has 0 saturated heterocycles. The zero-order valence-electron chi connectivity index (χ0n) is 11.8. The molecule has 0 aliphatic heterocycles. The maximum atomic E-state index is 11.0. The summed E-state index contributed by atoms with van der Waals surface area (Å²) in [6.07, 6.45) is 0.418. The highest BCUT2D eigenvalue weighted by Crippen LogP contribution is 2.40. The first kappa shape index (κ1) is 15.4. The minimum absolute atomic E-state index is 0.173. The Morgan fingerprint density at radius 3 is 1.62 bits per heavy atom. The summed E-state index contributed by atoms with van der Waals surface area (Å²) >= 11 is 0. The Morgan fingerprint density at radius 1 is 1.00 bits per heavy atom. The number of hydrogen-bond donors (Lipinski definition) is 0. The Bertz CT molecular complexity index is 270. The smallest absolute Gasteiger partial charge is 0.145 e. The van der Waals surface area contributed by atoms with Crippen LogP contribution in [0.3, 0.4) is 0 Å². The van der Waals surface area contributed by atoms with Crippen molar-refractivity contribution >= 4 is 13.9 Å². The molecule has 0 radical (unpaired) electrons. The lowest BCUT2D eigenvalue weighted by Gasteiger charge is -2.38. The summed E-state index contributed by atoms with van der Waals surface area (Å²) < 4.78 is 0. The molecule has 0 aromatic carbocycles. The van der Waals surface area contributed by atoms with Crippen molar-refractivity contribution in [2.45, 2.75) is 71.5 Å². The lowest BCUT2D eigenvalue weighted by Crippen LogP contribution is -2.43. The van der Waals surface area contributed by atoms with Crippen LogP contribution in [0.25, 0.3) is 0 Å². The Labute approximate surface area is 102 Å². The summed E-state index contributed by atoms with van der Waals surface area (Å²) in [5, 5.41) is 0. The number of carbonyl (C=O) groups excluding carboxylic acids is 1. The van der Waals surface area contributed by atoms with Crippen molar-refractivity contribution in [1.29, 1.82) is 0 Å². The molecule has 0 aromatic rings. The highest BCUT2D eigenvalue weighted by molar-refractivity contribution is 6.90. The largest absolute Gasteiger partial charge is 0.299 e. The van der Waals surface area contributed by atoms with Gasteiger partial charge in [0.15, 0.2) is 0 Å². The molecule has 2 heteroatoms. The topological polar surface area (TPSA) is 17.1 Å². The summed E-state index contributed by atoms with van der Waals surface area (Å²) in [6, 6.07) is 0. The molecule has 0 aromatic heterocycles. The average Bonchev–Trinajstić information content (AvgIpc) is 2.09. The van der Waals surface area contributed by atoms with Crippen molar-refractivity contribution in [3.63, 3.8) is 0 Å². The van der Waals surface area contributed by atoms with E-state index in [1.807, 2.05) is 0 Å². The molecular weight excluding hydrogens is 212 g/mol. The second-order valence-electron chi connectivity index (χ2n) is 5.58. The monoisotopic (exact) mass is 238 g/mol. The number of ketones is 1. The van der Waals surface area contributed by atoms with E-state index in [0.29, 0.717) is 23.0 Å². The molecule has 0 heterocycles. The van der Waals surface area contributed by atoms with Gasteiger partial charge in [-0.3, -0.25) is 4.79 Å². The third-order valence-electron chi connectivity index (χ3n) is 3.51. The van der Waals surface area contributed by atoms with Crippen molar-refractivity contribution in [3.8, 4) is 11.5 Å². The van der Waals surface area contributed by atoms with Gasteiger partial charge in [0.2, 0.25) is 0 Å². The van der Waals surface area contributed by atoms with Gasteiger partial charge in [0, 0.05) is 0 Å². The molecule has 0 unspecified atom stereocenters. The van der Waals surface area contributed by atoms with Gasteiger partial charge >= 0.3 is 0 Å². The van der Waals surface area contributed by atoms with Crippen molar-refractivity contribution in [2.75, 3.05) is 0 Å². The van der Waals surface area contributed by atoms with Crippen LogP contribution in [0.1, 0.15) is 54.9 Å². The molecule has 0 spiro atoms. The van der Waals surface area contributed by atoms with Gasteiger partial charge in [-0.25, -0.2) is 0 Å². The first-order valence-corrected chi connectivity index (χ1v) is 8.47. The normalized spacial score (nSPS) is 11.9. The molecule has 0 atom stereocenters. The van der Waals surface area contributed by atoms with E-state index in [0.717, 1.165) is 0 Å². The van der Waals surface area contributed by atoms with Gasteiger partial charge in [-0.05, 0) is 23.5 Å². The van der Waals surface area contributed by atoms with Crippen molar-refractivity contribution in [2.24, 2.45) is 0 Å². The molecule has 0 bridgehead atoms. The van der Waals surface area contributed by atoms with Crippen LogP contribution < -0.4 is 0 Å². The standard InChI is InChI=1S/C14H26OSi/c1-11(2)16(12(3)4,13(5)6)10-8-9-14(7)15/h11-13H,9H2,1-7H3. The predicted molar refractivity (Wildman–Crippen MR) is 74.1 cm³/mol. The van der Waals surface area contributed by atoms with Crippen LogP contribution in [0.15, 0.2) is 0 Å². The van der Waals surface area contributed by atoms with E-state index in [4.69, 9.17) is 0 Å². The average molecular weight is 238 g/mol. The van der Waals surface area contributed by atoms with E-state index in [9.17, 15) is 4.79 Å². The van der Waals surface area contributed by atoms with E-state index >= 15 is 0 Å². The summed E-state index contributed by atoms with van der Waals surface area (Å²) in [7, 11) is -1.61. The lowest BCUT2D eigenvalue weighted by atomic mass is 10.3. The molecule has 0 saturated carbocycles. The fraction of sp³-hybridized carbons (Fsp3) is 0.786. The van der Waals surface area contributed by atoms with Gasteiger partial charge in [-0.2, -0.15) is 0 Å². The van der Waals surface area contributed by atoms with E-state index in [-0.39, 0.29) is 5.78 Å². The van der Waals surface area contributed by atoms with Gasteiger partial charge < -0.3 is 0 Å². The van der Waals surface area contributed by atoms with E-state index in [2.05, 4.69) is 53.0 Å². The third-order valence-corrected chi connectivity index (χ3v) is 9.85. The van der Waals surface area contributed by atoms with Crippen molar-refractivity contribution in [1.82, 2.24) is 0 Å². The van der Waals surface area contributed by atoms with Crippen LogP contribution in [0.2, 0.25) is 16.6 Å². The Morgan fingerprint density at radius 2 is 1.38 bits per heavy atom. The second-order valence-corrected chi connectivity index (χ2v) is 11.2. The first-order chi connectivity index (χ1) is 7.25. The summed E-state index contributed by atoms with van der Waals surface area (Å²) in [5.74, 6) is 3.30. The van der Waals surface area contributed by atoms with E-state index in [1.54, 1.807) is 6.92 Å². The zero-order chi connectivity index (χ0) is 12.9. The third kappa shape index (κ3) is 3.49. The minimum atomic E-state index is -1.61. The maximum absolute atomic E-state index is 11.0. The number of carbonyl (C=O) groups is 1. The van der Waals surface area contributed by atoms with Crippen molar-refractivity contribution in [3.05, 3.63) is 0 Å². The molecule has 0 aliphatic rings. The molecule has 16 heavy (non-hydrogen) atoms. The second kappa shape index (κ2) is 6.25. The van der Waals surface area contributed by atoms with Crippen LogP contribution >= 0.6 is 0 Å². The lowest BCUT2D eigenvalue weighted by molar-refractivity contribution is -0.116. The van der Waals surface area contributed by atoms with Crippen LogP contribution in [0, 0.1) is 11.5 Å². The molecule has 0 aliphatic carbocycles. The Kier molecular flexibility index (Phi) is 6.03. The molecule has 0 N–H and O–H groups in total. The SMILES string of the molecule is CC(=O)CC#C[Si](C(C)C)(C(C)C)C(C)C. The first-order valence-electron chi connectivity index (χ1n) is 6.24. The molecule has 0 rings (SSSR count). The predicted octanol–water partition coefficient (Wildman–Crippen LogP) is 4.19. The van der Waals surface area contributed by atoms with Gasteiger partial charge in [-0.1, -0.05) is 41.5 Å². The van der Waals surface area contributed by atoms with Crippen molar-refractivity contribution < 1.29 is 4.79 Å². The summed E-state index contributed by atoms with van der Waals surface area (Å²) in [4.78, 5) is 11.0. The quantitative estimate of drug-likeness (QED) is 0.530. The number of rotatable bonds is 4. The molecule has 1 nitrogen and oxygen atoms in total. The highest BCUT2D eigenvalue weighted by atomic mass is 28.3. The molecular formula is C14H26OSi. The minimum Gasteiger partial charge on any atom is -0.299 e. The summed E-state index contributed by atoms with van der Waals surface area (Å²) in [5.41, 5.74) is 5.47. The van der Waals surface area contributed by atoms with Crippen LogP contribution in [-0.4, -0.2) is 13.9 Å². The fourth-order valence-electron chi connectivity index (χ4n) is 2.75. The van der Waals surface area contributed by atoms with Gasteiger partial charge in [0.05, 0.1) is 6.42 Å². The zero-order valence-corrected chi connectivity index (χ0v) is 12.8. The highest BCUT2D eigenvalue weighted by Gasteiger charge is 2.41. The van der Waals surface area contributed by atoms with Gasteiger partial charge in [0.1, 0.15) is 13.9 Å².